The molecular formula is C19H24N4O4S2. The van der Waals surface area contributed by atoms with Crippen LogP contribution in [0.2, 0.25) is 0 Å². The van der Waals surface area contributed by atoms with Gasteiger partial charge < -0.3 is 15.5 Å². The predicted octanol–water partition coefficient (Wildman–Crippen LogP) is 2.77. The third kappa shape index (κ3) is 3.82. The number of hydrogen-bond donors (Lipinski definition) is 4. The average molecular weight is 437 g/mol. The number of rotatable bonds is 3. The number of nitrogens with two attached hydrogens (primary N) is 1. The Morgan fingerprint density at radius 3 is 2.83 bits per heavy atom. The summed E-state index contributed by atoms with van der Waals surface area (Å²) in [6, 6.07) is 1.24. The fourth-order valence-corrected chi connectivity index (χ4v) is 6.02. The molecule has 10 heteroatoms. The molecule has 0 saturated heterocycles. The van der Waals surface area contributed by atoms with E-state index in [2.05, 4.69) is 14.7 Å². The molecule has 0 aliphatic heterocycles. The van der Waals surface area contributed by atoms with Crippen molar-refractivity contribution in [2.24, 2.45) is 9.50 Å². The maximum absolute atomic E-state index is 12.8. The third-order valence-corrected chi connectivity index (χ3v) is 8.47. The van der Waals surface area contributed by atoms with E-state index in [0.717, 1.165) is 52.9 Å². The van der Waals surface area contributed by atoms with Gasteiger partial charge in [0.2, 0.25) is 4.34 Å². The number of aryl methyl sites for hydroxylation is 1. The molecule has 0 spiro atoms. The lowest BCUT2D eigenvalue weighted by molar-refractivity contribution is 0.0823. The molecule has 5 N–H and O–H groups in total. The highest BCUT2D eigenvalue weighted by molar-refractivity contribution is 7.93. The van der Waals surface area contributed by atoms with Crippen LogP contribution in [0.25, 0.3) is 0 Å². The van der Waals surface area contributed by atoms with Crippen molar-refractivity contribution in [3.05, 3.63) is 39.4 Å². The summed E-state index contributed by atoms with van der Waals surface area (Å²) in [5, 5.41) is 28.9. The largest absolute Gasteiger partial charge is 0.388 e. The third-order valence-electron chi connectivity index (χ3n) is 5.36. The lowest BCUT2D eigenvalue weighted by atomic mass is 9.98. The predicted molar refractivity (Wildman–Crippen MR) is 111 cm³/mol. The highest BCUT2D eigenvalue weighted by Crippen LogP contribution is 2.42. The van der Waals surface area contributed by atoms with E-state index < -0.39 is 27.7 Å². The number of nitrogens with one attached hydrogen (secondary N) is 1. The smallest absolute Gasteiger partial charge is 0.354 e. The number of fused-ring (bicyclic) bond motifs is 2. The van der Waals surface area contributed by atoms with Crippen molar-refractivity contribution < 1.29 is 19.2 Å². The van der Waals surface area contributed by atoms with Gasteiger partial charge in [0.25, 0.3) is 0 Å². The first kappa shape index (κ1) is 20.4. The van der Waals surface area contributed by atoms with Crippen molar-refractivity contribution in [1.82, 2.24) is 4.98 Å². The molecule has 2 aliphatic rings. The minimum atomic E-state index is -3.55. The molecule has 1 aromatic heterocycles. The highest BCUT2D eigenvalue weighted by Gasteiger charge is 2.29. The van der Waals surface area contributed by atoms with Gasteiger partial charge in [-0.05, 0) is 68.2 Å². The number of aliphatic hydroxyl groups is 2. The zero-order chi connectivity index (χ0) is 21.0. The zero-order valence-electron chi connectivity index (χ0n) is 16.3. The molecule has 29 heavy (non-hydrogen) atoms. The Bertz CT molecular complexity index is 1110. The van der Waals surface area contributed by atoms with Crippen LogP contribution in [0.1, 0.15) is 59.9 Å². The lowest BCUT2D eigenvalue weighted by Crippen LogP contribution is -2.19. The zero-order valence-corrected chi connectivity index (χ0v) is 17.9. The van der Waals surface area contributed by atoms with Gasteiger partial charge >= 0.3 is 6.03 Å². The van der Waals surface area contributed by atoms with E-state index in [9.17, 15) is 19.2 Å². The number of carbonyl (C=O) groups is 1. The second-order valence-corrected chi connectivity index (χ2v) is 11.0. The number of carbonyl (C=O) groups excluding carboxylic acids is 1. The SMILES string of the molecule is CC(C)(O)c1cnc(S(N)(=O)=NC(=O)Nc2c3c(cc4c2CC[C@@H]4O)CCC3)s1. The van der Waals surface area contributed by atoms with E-state index in [1.807, 2.05) is 6.07 Å². The number of nitrogens with zero attached hydrogens (tertiary/aromatic N) is 2. The van der Waals surface area contributed by atoms with Gasteiger partial charge in [0.05, 0.1) is 16.6 Å². The molecule has 2 aromatic rings. The first-order chi connectivity index (χ1) is 13.6. The molecule has 4 rings (SSSR count). The summed E-state index contributed by atoms with van der Waals surface area (Å²) >= 11 is 0.967. The van der Waals surface area contributed by atoms with Gasteiger partial charge in [0.1, 0.15) is 0 Å². The van der Waals surface area contributed by atoms with E-state index in [-0.39, 0.29) is 4.34 Å². The summed E-state index contributed by atoms with van der Waals surface area (Å²) in [5.41, 5.74) is 3.48. The Labute approximate surface area is 173 Å². The summed E-state index contributed by atoms with van der Waals surface area (Å²) in [7, 11) is -3.55. The molecule has 2 aliphatic carbocycles. The van der Waals surface area contributed by atoms with E-state index >= 15 is 0 Å². The van der Waals surface area contributed by atoms with Crippen LogP contribution in [-0.4, -0.2) is 25.4 Å². The highest BCUT2D eigenvalue weighted by atomic mass is 32.2. The number of urea groups is 1. The normalized spacial score (nSPS) is 20.1. The number of benzene rings is 1. The lowest BCUT2D eigenvalue weighted by Gasteiger charge is -2.15. The van der Waals surface area contributed by atoms with Crippen molar-refractivity contribution >= 4 is 33.0 Å². The molecule has 2 atom stereocenters. The van der Waals surface area contributed by atoms with Crippen LogP contribution in [0.3, 0.4) is 0 Å². The molecule has 1 unspecified atom stereocenters. The van der Waals surface area contributed by atoms with E-state index in [1.54, 1.807) is 13.8 Å². The van der Waals surface area contributed by atoms with Gasteiger partial charge in [-0.2, -0.15) is 0 Å². The van der Waals surface area contributed by atoms with E-state index in [1.165, 1.54) is 6.20 Å². The second-order valence-electron chi connectivity index (χ2n) is 8.00. The van der Waals surface area contributed by atoms with Crippen molar-refractivity contribution in [3.63, 3.8) is 0 Å². The van der Waals surface area contributed by atoms with Crippen molar-refractivity contribution in [2.75, 3.05) is 5.32 Å². The Balaban J connectivity index is 1.66. The van der Waals surface area contributed by atoms with Crippen LogP contribution in [0, 0.1) is 0 Å². The number of amides is 2. The number of aromatic nitrogens is 1. The Kier molecular flexibility index (Phi) is 5.02. The molecular weight excluding hydrogens is 412 g/mol. The molecule has 0 fully saturated rings. The van der Waals surface area contributed by atoms with Crippen LogP contribution in [0.4, 0.5) is 10.5 Å². The molecule has 8 nitrogen and oxygen atoms in total. The van der Waals surface area contributed by atoms with Gasteiger partial charge in [-0.25, -0.2) is 19.1 Å². The van der Waals surface area contributed by atoms with Crippen molar-refractivity contribution in [3.8, 4) is 0 Å². The van der Waals surface area contributed by atoms with E-state index in [4.69, 9.17) is 5.14 Å². The fraction of sp³-hybridized carbons (Fsp3) is 0.474. The maximum atomic E-state index is 12.8. The van der Waals surface area contributed by atoms with Gasteiger partial charge in [0.15, 0.2) is 9.92 Å². The average Bonchev–Trinajstić information content (AvgIpc) is 3.33. The van der Waals surface area contributed by atoms with Gasteiger partial charge in [-0.15, -0.1) is 15.7 Å². The van der Waals surface area contributed by atoms with Crippen LogP contribution < -0.4 is 10.5 Å². The van der Waals surface area contributed by atoms with Crippen molar-refractivity contribution in [1.29, 1.82) is 0 Å². The number of thiazole rings is 1. The fourth-order valence-electron chi connectivity index (χ4n) is 3.94. The quantitative estimate of drug-likeness (QED) is 0.586. The number of aliphatic hydroxyl groups excluding tert-OH is 1. The summed E-state index contributed by atoms with van der Waals surface area (Å²) in [4.78, 5) is 17.1. The molecule has 2 amide bonds. The summed E-state index contributed by atoms with van der Waals surface area (Å²) in [6.45, 7) is 3.16. The minimum Gasteiger partial charge on any atom is -0.388 e. The molecule has 0 saturated carbocycles. The van der Waals surface area contributed by atoms with Crippen molar-refractivity contribution in [2.45, 2.75) is 62.0 Å². The van der Waals surface area contributed by atoms with E-state index in [0.29, 0.717) is 23.4 Å². The molecule has 0 radical (unpaired) electrons. The Hall–Kier alpha value is -1.85. The standard InChI is InChI=1S/C19H24N4O4S2/c1-19(2,26)15-9-21-18(28-15)29(20,27)23-17(25)22-16-11-5-3-4-10(11)8-13-12(16)6-7-14(13)24/h8-9,14,24,26H,3-7H2,1-2H3,(H3,20,22,23,25,27)/t14-,29?/m0/s1. The van der Waals surface area contributed by atoms with Crippen LogP contribution in [0.15, 0.2) is 21.0 Å². The maximum Gasteiger partial charge on any atom is 0.354 e. The van der Waals surface area contributed by atoms with Gasteiger partial charge in [0, 0.05) is 11.9 Å². The summed E-state index contributed by atoms with van der Waals surface area (Å²) in [6.07, 6.45) is 4.87. The molecule has 1 heterocycles. The van der Waals surface area contributed by atoms with Gasteiger partial charge in [-0.3, -0.25) is 0 Å². The number of anilines is 1. The Morgan fingerprint density at radius 2 is 2.14 bits per heavy atom. The summed E-state index contributed by atoms with van der Waals surface area (Å²) < 4.78 is 16.5. The van der Waals surface area contributed by atoms with Gasteiger partial charge in [-0.1, -0.05) is 6.07 Å². The summed E-state index contributed by atoms with van der Waals surface area (Å²) in [5.74, 6) is 0. The topological polar surface area (TPSA) is 138 Å². The molecule has 0 bridgehead atoms. The molecule has 1 aromatic carbocycles. The van der Waals surface area contributed by atoms with Crippen LogP contribution >= 0.6 is 11.3 Å². The van der Waals surface area contributed by atoms with Crippen LogP contribution in [-0.2, 0) is 34.8 Å². The first-order valence-electron chi connectivity index (χ1n) is 9.46. The second kappa shape index (κ2) is 7.13. The monoisotopic (exact) mass is 436 g/mol. The Morgan fingerprint density at radius 1 is 1.38 bits per heavy atom. The number of hydrogen-bond acceptors (Lipinski definition) is 6. The minimum absolute atomic E-state index is 0.0104. The molecule has 156 valence electrons. The first-order valence-corrected chi connectivity index (χ1v) is 11.9. The van der Waals surface area contributed by atoms with Crippen LogP contribution in [0.5, 0.6) is 0 Å².